The number of fused-ring (bicyclic) bond motifs is 2. The molecule has 0 bridgehead atoms. The maximum absolute atomic E-state index is 12.5. The van der Waals surface area contributed by atoms with Gasteiger partial charge in [-0.05, 0) is 114 Å². The number of hydrogen-bond acceptors (Lipinski definition) is 6. The summed E-state index contributed by atoms with van der Waals surface area (Å²) < 4.78 is 11.9. The molecule has 0 saturated heterocycles. The van der Waals surface area contributed by atoms with Crippen molar-refractivity contribution in [1.29, 1.82) is 0 Å². The van der Waals surface area contributed by atoms with E-state index in [0.717, 1.165) is 113 Å². The Morgan fingerprint density at radius 3 is 1.36 bits per heavy atom. The van der Waals surface area contributed by atoms with E-state index >= 15 is 0 Å². The molecule has 8 nitrogen and oxygen atoms in total. The molecule has 0 unspecified atom stereocenters. The minimum absolute atomic E-state index is 0. The van der Waals surface area contributed by atoms with Crippen molar-refractivity contribution in [3.63, 3.8) is 0 Å². The zero-order chi connectivity index (χ0) is 36.7. The number of unbranched alkanes of at least 4 members (excludes halogenated alkanes) is 4. The minimum Gasteiger partial charge on any atom is -0.463 e. The molecule has 0 radical (unpaired) electrons. The highest BCUT2D eigenvalue weighted by molar-refractivity contribution is 5.85. The highest BCUT2D eigenvalue weighted by Crippen LogP contribution is 2.26. The second-order valence-corrected chi connectivity index (χ2v) is 15.0. The van der Waals surface area contributed by atoms with Crippen LogP contribution < -0.4 is 0 Å². The molecule has 4 aromatic rings. The Kier molecular flexibility index (Phi) is 17.2. The van der Waals surface area contributed by atoms with E-state index in [1.807, 2.05) is 38.0 Å². The van der Waals surface area contributed by atoms with Crippen LogP contribution in [0, 0.1) is 0 Å². The fourth-order valence-electron chi connectivity index (χ4n) is 7.14. The molecule has 9 heteroatoms. The largest absolute Gasteiger partial charge is 0.463 e. The minimum atomic E-state index is 0. The van der Waals surface area contributed by atoms with Gasteiger partial charge in [0.25, 0.3) is 0 Å². The summed E-state index contributed by atoms with van der Waals surface area (Å²) in [5, 5.41) is 0. The first-order valence-corrected chi connectivity index (χ1v) is 19.4. The molecule has 4 heterocycles. The van der Waals surface area contributed by atoms with Gasteiger partial charge in [-0.1, -0.05) is 73.5 Å². The van der Waals surface area contributed by atoms with E-state index in [2.05, 4.69) is 82.6 Å². The van der Waals surface area contributed by atoms with Crippen molar-refractivity contribution in [1.82, 2.24) is 19.6 Å². The maximum atomic E-state index is 12.5. The third kappa shape index (κ3) is 13.8. The molecule has 2 aliphatic rings. The molecule has 0 N–H and O–H groups in total. The van der Waals surface area contributed by atoms with Gasteiger partial charge in [0.1, 0.15) is 23.0 Å². The highest BCUT2D eigenvalue weighted by atomic mass is 35.5. The third-order valence-electron chi connectivity index (χ3n) is 9.91. The van der Waals surface area contributed by atoms with Gasteiger partial charge in [-0.3, -0.25) is 9.59 Å². The van der Waals surface area contributed by atoms with Crippen LogP contribution in [-0.4, -0.2) is 72.7 Å². The maximum Gasteiger partial charge on any atom is 0.222 e. The van der Waals surface area contributed by atoms with Crippen molar-refractivity contribution >= 4 is 24.2 Å². The first-order chi connectivity index (χ1) is 25.2. The van der Waals surface area contributed by atoms with Crippen molar-refractivity contribution < 1.29 is 18.4 Å². The fraction of sp³-hybridized carbons (Fsp3) is 0.500. The van der Waals surface area contributed by atoms with Gasteiger partial charge in [0.15, 0.2) is 0 Å². The quantitative estimate of drug-likeness (QED) is 0.107. The number of aryl methyl sites for hydroxylation is 2. The number of rotatable bonds is 16. The number of amides is 2. The molecule has 6 rings (SSSR count). The number of hydrogen-bond donors (Lipinski definition) is 0. The second kappa shape index (κ2) is 21.8. The van der Waals surface area contributed by atoms with E-state index in [9.17, 15) is 9.59 Å². The molecular weight excluding hydrogens is 684 g/mol. The van der Waals surface area contributed by atoms with Crippen molar-refractivity contribution in [2.24, 2.45) is 0 Å². The predicted molar refractivity (Wildman–Crippen MR) is 215 cm³/mol. The zero-order valence-corrected chi connectivity index (χ0v) is 33.3. The van der Waals surface area contributed by atoms with Crippen molar-refractivity contribution in [2.75, 3.05) is 41.3 Å². The van der Waals surface area contributed by atoms with Crippen LogP contribution in [0.2, 0.25) is 0 Å². The summed E-state index contributed by atoms with van der Waals surface area (Å²) in [4.78, 5) is 33.1. The molecule has 2 amide bonds. The van der Waals surface area contributed by atoms with Crippen LogP contribution in [0.4, 0.5) is 0 Å². The van der Waals surface area contributed by atoms with Crippen LogP contribution >= 0.6 is 12.4 Å². The van der Waals surface area contributed by atoms with E-state index in [1.54, 1.807) is 0 Å². The molecule has 0 spiro atoms. The standard InChI is InChI=1S/2C22H30N2O2.ClH/c2*1-23(2)16-20-15-19-13-14-24(17-21(19)26-20)22(25)12-8-4-7-11-18-9-5-3-6-10-18;/h2*3,5-6,9-10,15H,4,7-8,11-14,16-17H2,1-2H3;1H. The number of carbonyl (C=O) groups is 2. The van der Waals surface area contributed by atoms with E-state index in [-0.39, 0.29) is 24.2 Å². The molecule has 2 aromatic heterocycles. The number of carbonyl (C=O) groups excluding carboxylic acids is 2. The van der Waals surface area contributed by atoms with Gasteiger partial charge in [0.05, 0.1) is 26.2 Å². The average Bonchev–Trinajstić information content (AvgIpc) is 3.73. The summed E-state index contributed by atoms with van der Waals surface area (Å²) in [5.74, 6) is 4.48. The zero-order valence-electron chi connectivity index (χ0n) is 32.5. The number of halogens is 1. The normalized spacial score (nSPS) is 13.6. The molecular formula is C44H61ClN4O4. The van der Waals surface area contributed by atoms with Crippen LogP contribution in [0.1, 0.15) is 96.7 Å². The van der Waals surface area contributed by atoms with Gasteiger partial charge in [0.2, 0.25) is 11.8 Å². The lowest BCUT2D eigenvalue weighted by Crippen LogP contribution is -2.35. The molecule has 0 aliphatic carbocycles. The Labute approximate surface area is 323 Å². The molecule has 53 heavy (non-hydrogen) atoms. The van der Waals surface area contributed by atoms with E-state index in [0.29, 0.717) is 25.9 Å². The molecule has 0 saturated carbocycles. The Morgan fingerprint density at radius 2 is 0.981 bits per heavy atom. The lowest BCUT2D eigenvalue weighted by atomic mass is 10.0. The fourth-order valence-corrected chi connectivity index (χ4v) is 7.14. The number of nitrogens with zero attached hydrogens (tertiary/aromatic N) is 4. The third-order valence-corrected chi connectivity index (χ3v) is 9.91. The summed E-state index contributed by atoms with van der Waals surface area (Å²) in [6, 6.07) is 25.4. The van der Waals surface area contributed by atoms with Crippen molar-refractivity contribution in [2.45, 2.75) is 103 Å². The van der Waals surface area contributed by atoms with Crippen LogP contribution in [-0.2, 0) is 61.5 Å². The Morgan fingerprint density at radius 1 is 0.585 bits per heavy atom. The Hall–Kier alpha value is -3.85. The van der Waals surface area contributed by atoms with Gasteiger partial charge in [-0.25, -0.2) is 0 Å². The lowest BCUT2D eigenvalue weighted by Gasteiger charge is -2.26. The smallest absolute Gasteiger partial charge is 0.222 e. The van der Waals surface area contributed by atoms with Gasteiger partial charge < -0.3 is 28.4 Å². The summed E-state index contributed by atoms with van der Waals surface area (Å²) in [7, 11) is 8.15. The van der Waals surface area contributed by atoms with E-state index in [4.69, 9.17) is 8.83 Å². The summed E-state index contributed by atoms with van der Waals surface area (Å²) in [6.45, 7) is 4.51. The van der Waals surface area contributed by atoms with Gasteiger partial charge in [-0.2, -0.15) is 0 Å². The lowest BCUT2D eigenvalue weighted by molar-refractivity contribution is -0.133. The van der Waals surface area contributed by atoms with Crippen LogP contribution in [0.25, 0.3) is 0 Å². The predicted octanol–water partition coefficient (Wildman–Crippen LogP) is 8.48. The second-order valence-electron chi connectivity index (χ2n) is 15.0. The topological polar surface area (TPSA) is 73.4 Å². The molecule has 288 valence electrons. The number of benzene rings is 2. The SMILES string of the molecule is CN(C)Cc1cc2c(o1)CN(C(=O)CCCCCc1ccccc1)CC2.CN(C)Cc1cc2c(o1)CN(C(=O)CCCCCc1ccccc1)CC2.Cl. The first kappa shape index (κ1) is 41.9. The highest BCUT2D eigenvalue weighted by Gasteiger charge is 2.25. The van der Waals surface area contributed by atoms with E-state index < -0.39 is 0 Å². The van der Waals surface area contributed by atoms with E-state index in [1.165, 1.54) is 22.3 Å². The number of furan rings is 2. The average molecular weight is 745 g/mol. The van der Waals surface area contributed by atoms with Crippen LogP contribution in [0.15, 0.2) is 81.6 Å². The summed E-state index contributed by atoms with van der Waals surface area (Å²) in [5.41, 5.74) is 5.31. The van der Waals surface area contributed by atoms with Gasteiger partial charge in [-0.15, -0.1) is 12.4 Å². The molecule has 0 atom stereocenters. The molecule has 0 fully saturated rings. The van der Waals surface area contributed by atoms with Gasteiger partial charge >= 0.3 is 0 Å². The van der Waals surface area contributed by atoms with Crippen molar-refractivity contribution in [3.05, 3.63) is 118 Å². The Bertz CT molecular complexity index is 1540. The van der Waals surface area contributed by atoms with Crippen LogP contribution in [0.3, 0.4) is 0 Å². The first-order valence-electron chi connectivity index (χ1n) is 19.4. The van der Waals surface area contributed by atoms with Gasteiger partial charge in [0, 0.05) is 25.9 Å². The molecule has 2 aliphatic heterocycles. The van der Waals surface area contributed by atoms with Crippen molar-refractivity contribution in [3.8, 4) is 0 Å². The monoisotopic (exact) mass is 744 g/mol. The summed E-state index contributed by atoms with van der Waals surface area (Å²) >= 11 is 0. The van der Waals surface area contributed by atoms with Crippen LogP contribution in [0.5, 0.6) is 0 Å². The Balaban J connectivity index is 0.000000232. The summed E-state index contributed by atoms with van der Waals surface area (Å²) in [6.07, 6.45) is 11.8. The molecule has 2 aromatic carbocycles.